The molecule has 0 saturated carbocycles. The van der Waals surface area contributed by atoms with Gasteiger partial charge < -0.3 is 10.2 Å². The van der Waals surface area contributed by atoms with Gasteiger partial charge in [0.15, 0.2) is 0 Å². The van der Waals surface area contributed by atoms with Gasteiger partial charge in [0.1, 0.15) is 0 Å². The Balaban J connectivity index is 1.63. The normalized spacial score (nSPS) is 22.1. The van der Waals surface area contributed by atoms with Crippen LogP contribution < -0.4 is 10.2 Å². The SMILES string of the molecule is CCCNCC1CCc2nc(N3CCCC3)ncc2C1. The average Bonchev–Trinajstić information content (AvgIpc) is 3.01. The van der Waals surface area contributed by atoms with E-state index in [9.17, 15) is 0 Å². The number of nitrogens with one attached hydrogen (secondary N) is 1. The molecule has 1 aliphatic heterocycles. The molecular weight excluding hydrogens is 248 g/mol. The molecule has 110 valence electrons. The standard InChI is InChI=1S/C16H26N4/c1-2-7-17-11-13-5-6-15-14(10-13)12-18-16(19-15)20-8-3-4-9-20/h12-13,17H,2-11H2,1H3. The quantitative estimate of drug-likeness (QED) is 0.836. The molecule has 3 rings (SSSR count). The third-order valence-electron chi connectivity index (χ3n) is 4.49. The van der Waals surface area contributed by atoms with Gasteiger partial charge in [0.2, 0.25) is 5.95 Å². The second-order valence-electron chi connectivity index (χ2n) is 6.15. The van der Waals surface area contributed by atoms with Crippen LogP contribution >= 0.6 is 0 Å². The van der Waals surface area contributed by atoms with Crippen LogP contribution in [0, 0.1) is 5.92 Å². The maximum absolute atomic E-state index is 4.82. The van der Waals surface area contributed by atoms with Crippen molar-refractivity contribution in [2.45, 2.75) is 45.4 Å². The fourth-order valence-corrected chi connectivity index (χ4v) is 3.30. The van der Waals surface area contributed by atoms with Crippen molar-refractivity contribution in [2.75, 3.05) is 31.1 Å². The first-order valence-corrected chi connectivity index (χ1v) is 8.17. The lowest BCUT2D eigenvalue weighted by molar-refractivity contribution is 0.420. The van der Waals surface area contributed by atoms with Gasteiger partial charge in [-0.3, -0.25) is 0 Å². The minimum Gasteiger partial charge on any atom is -0.341 e. The summed E-state index contributed by atoms with van der Waals surface area (Å²) in [5.74, 6) is 1.72. The molecule has 20 heavy (non-hydrogen) atoms. The summed E-state index contributed by atoms with van der Waals surface area (Å²) in [5, 5.41) is 3.54. The van der Waals surface area contributed by atoms with Crippen molar-refractivity contribution in [3.8, 4) is 0 Å². The summed E-state index contributed by atoms with van der Waals surface area (Å²) in [5.41, 5.74) is 2.68. The van der Waals surface area contributed by atoms with Gasteiger partial charge in [-0.1, -0.05) is 6.92 Å². The Labute approximate surface area is 122 Å². The van der Waals surface area contributed by atoms with Crippen LogP contribution in [0.1, 0.15) is 43.9 Å². The van der Waals surface area contributed by atoms with E-state index in [1.165, 1.54) is 36.9 Å². The number of hydrogen-bond donors (Lipinski definition) is 1. The molecule has 1 aromatic heterocycles. The van der Waals surface area contributed by atoms with E-state index in [1.807, 2.05) is 0 Å². The van der Waals surface area contributed by atoms with Crippen LogP contribution in [0.25, 0.3) is 0 Å². The van der Waals surface area contributed by atoms with Crippen molar-refractivity contribution < 1.29 is 0 Å². The molecule has 0 bridgehead atoms. The predicted octanol–water partition coefficient (Wildman–Crippen LogP) is 2.18. The molecule has 2 heterocycles. The Morgan fingerprint density at radius 3 is 3.00 bits per heavy atom. The fourth-order valence-electron chi connectivity index (χ4n) is 3.30. The Morgan fingerprint density at radius 1 is 1.35 bits per heavy atom. The lowest BCUT2D eigenvalue weighted by atomic mass is 9.87. The van der Waals surface area contributed by atoms with E-state index in [-0.39, 0.29) is 0 Å². The fraction of sp³-hybridized carbons (Fsp3) is 0.750. The monoisotopic (exact) mass is 274 g/mol. The van der Waals surface area contributed by atoms with Crippen molar-refractivity contribution in [3.63, 3.8) is 0 Å². The zero-order valence-corrected chi connectivity index (χ0v) is 12.6. The molecule has 4 heteroatoms. The maximum atomic E-state index is 4.82. The summed E-state index contributed by atoms with van der Waals surface area (Å²) in [6.07, 6.45) is 9.40. The minimum absolute atomic E-state index is 0.760. The molecule has 2 aliphatic rings. The number of aryl methyl sites for hydroxylation is 1. The van der Waals surface area contributed by atoms with Gasteiger partial charge in [0.05, 0.1) is 0 Å². The van der Waals surface area contributed by atoms with Crippen LogP contribution in [0.15, 0.2) is 6.20 Å². The molecule has 0 aromatic carbocycles. The van der Waals surface area contributed by atoms with Crippen LogP contribution in [0.2, 0.25) is 0 Å². The second kappa shape index (κ2) is 6.53. The first-order chi connectivity index (χ1) is 9.86. The molecule has 1 atom stereocenters. The van der Waals surface area contributed by atoms with Crippen LogP contribution in [-0.4, -0.2) is 36.1 Å². The molecule has 1 aliphatic carbocycles. The molecule has 1 aromatic rings. The molecule has 4 nitrogen and oxygen atoms in total. The van der Waals surface area contributed by atoms with E-state index >= 15 is 0 Å². The van der Waals surface area contributed by atoms with Crippen LogP contribution in [0.3, 0.4) is 0 Å². The first-order valence-electron chi connectivity index (χ1n) is 8.17. The number of nitrogens with zero attached hydrogens (tertiary/aromatic N) is 3. The van der Waals surface area contributed by atoms with E-state index in [0.717, 1.165) is 50.9 Å². The van der Waals surface area contributed by atoms with E-state index < -0.39 is 0 Å². The summed E-state index contributed by atoms with van der Waals surface area (Å²) >= 11 is 0. The van der Waals surface area contributed by atoms with Gasteiger partial charge in [-0.25, -0.2) is 9.97 Å². The van der Waals surface area contributed by atoms with E-state index in [4.69, 9.17) is 4.98 Å². The highest BCUT2D eigenvalue weighted by Crippen LogP contribution is 2.25. The third-order valence-corrected chi connectivity index (χ3v) is 4.49. The second-order valence-corrected chi connectivity index (χ2v) is 6.15. The lowest BCUT2D eigenvalue weighted by Gasteiger charge is -2.25. The summed E-state index contributed by atoms with van der Waals surface area (Å²) in [6.45, 7) is 6.75. The van der Waals surface area contributed by atoms with Crippen molar-refractivity contribution in [2.24, 2.45) is 5.92 Å². The molecule has 1 unspecified atom stereocenters. The lowest BCUT2D eigenvalue weighted by Crippen LogP contribution is -2.29. The van der Waals surface area contributed by atoms with Gasteiger partial charge in [-0.2, -0.15) is 0 Å². The smallest absolute Gasteiger partial charge is 0.225 e. The molecule has 0 radical (unpaired) electrons. The zero-order valence-electron chi connectivity index (χ0n) is 12.6. The van der Waals surface area contributed by atoms with Crippen molar-refractivity contribution in [1.82, 2.24) is 15.3 Å². The van der Waals surface area contributed by atoms with Gasteiger partial charge in [0.25, 0.3) is 0 Å². The Morgan fingerprint density at radius 2 is 2.20 bits per heavy atom. The topological polar surface area (TPSA) is 41.1 Å². The number of rotatable bonds is 5. The average molecular weight is 274 g/mol. The number of aromatic nitrogens is 2. The predicted molar refractivity (Wildman–Crippen MR) is 82.2 cm³/mol. The largest absolute Gasteiger partial charge is 0.341 e. The molecule has 0 spiro atoms. The molecular formula is C16H26N4. The van der Waals surface area contributed by atoms with Crippen molar-refractivity contribution in [1.29, 1.82) is 0 Å². The zero-order chi connectivity index (χ0) is 13.8. The molecule has 1 saturated heterocycles. The van der Waals surface area contributed by atoms with Crippen molar-refractivity contribution in [3.05, 3.63) is 17.5 Å². The van der Waals surface area contributed by atoms with Crippen LogP contribution in [-0.2, 0) is 12.8 Å². The summed E-state index contributed by atoms with van der Waals surface area (Å²) < 4.78 is 0. The van der Waals surface area contributed by atoms with E-state index in [2.05, 4.69) is 28.3 Å². The maximum Gasteiger partial charge on any atom is 0.225 e. The first kappa shape index (κ1) is 13.8. The number of hydrogen-bond acceptors (Lipinski definition) is 4. The van der Waals surface area contributed by atoms with Crippen molar-refractivity contribution >= 4 is 5.95 Å². The van der Waals surface area contributed by atoms with Gasteiger partial charge in [-0.15, -0.1) is 0 Å². The summed E-state index contributed by atoms with van der Waals surface area (Å²) in [4.78, 5) is 11.7. The van der Waals surface area contributed by atoms with Crippen LogP contribution in [0.5, 0.6) is 0 Å². The van der Waals surface area contributed by atoms with E-state index in [0.29, 0.717) is 0 Å². The minimum atomic E-state index is 0.760. The van der Waals surface area contributed by atoms with Gasteiger partial charge in [0, 0.05) is 25.0 Å². The highest BCUT2D eigenvalue weighted by atomic mass is 15.3. The number of fused-ring (bicyclic) bond motifs is 1. The highest BCUT2D eigenvalue weighted by Gasteiger charge is 2.22. The Kier molecular flexibility index (Phi) is 4.51. The van der Waals surface area contributed by atoms with Gasteiger partial charge in [-0.05, 0) is 63.1 Å². The van der Waals surface area contributed by atoms with Crippen LogP contribution in [0.4, 0.5) is 5.95 Å². The summed E-state index contributed by atoms with van der Waals surface area (Å²) in [6, 6.07) is 0. The van der Waals surface area contributed by atoms with E-state index in [1.54, 1.807) is 0 Å². The Bertz CT molecular complexity index is 440. The third kappa shape index (κ3) is 3.11. The molecule has 1 N–H and O–H groups in total. The Hall–Kier alpha value is -1.16. The molecule has 1 fully saturated rings. The molecule has 0 amide bonds. The number of anilines is 1. The summed E-state index contributed by atoms with van der Waals surface area (Å²) in [7, 11) is 0. The highest BCUT2D eigenvalue weighted by molar-refractivity contribution is 5.35. The van der Waals surface area contributed by atoms with Gasteiger partial charge >= 0.3 is 0 Å².